The van der Waals surface area contributed by atoms with E-state index in [0.717, 1.165) is 23.9 Å². The molecule has 0 radical (unpaired) electrons. The molecule has 3 aliphatic rings. The molecule has 3 rings (SSSR count). The lowest BCUT2D eigenvalue weighted by molar-refractivity contribution is 0.124. The van der Waals surface area contributed by atoms with Crippen molar-refractivity contribution < 1.29 is 0 Å². The smallest absolute Gasteiger partial charge is 0.0112 e. The van der Waals surface area contributed by atoms with Crippen molar-refractivity contribution in [1.29, 1.82) is 0 Å². The Morgan fingerprint density at radius 2 is 1.12 bits per heavy atom. The Balaban J connectivity index is 0.000000185. The van der Waals surface area contributed by atoms with Crippen molar-refractivity contribution in [3.63, 3.8) is 0 Å². The number of rotatable bonds is 4. The number of nitrogens with zero attached hydrogens (tertiary/aromatic N) is 3. The number of piperidine rings is 1. The molecule has 0 aromatic heterocycles. The predicted molar refractivity (Wildman–Crippen MR) is 106 cm³/mol. The van der Waals surface area contributed by atoms with Crippen LogP contribution < -0.4 is 0 Å². The molecule has 0 atom stereocenters. The Kier molecular flexibility index (Phi) is 8.53. The summed E-state index contributed by atoms with van der Waals surface area (Å²) in [6.07, 6.45) is 9.06. The molecule has 2 heterocycles. The first-order valence-corrected chi connectivity index (χ1v) is 10.6. The van der Waals surface area contributed by atoms with Crippen molar-refractivity contribution in [3.8, 4) is 0 Å². The lowest BCUT2D eigenvalue weighted by Crippen LogP contribution is -2.47. The van der Waals surface area contributed by atoms with Gasteiger partial charge in [-0.1, -0.05) is 19.3 Å². The van der Waals surface area contributed by atoms with E-state index in [2.05, 4.69) is 49.4 Å². The van der Waals surface area contributed by atoms with Gasteiger partial charge >= 0.3 is 0 Å². The highest BCUT2D eigenvalue weighted by molar-refractivity contribution is 4.79. The first kappa shape index (κ1) is 20.2. The van der Waals surface area contributed by atoms with Gasteiger partial charge in [-0.25, -0.2) is 0 Å². The van der Waals surface area contributed by atoms with E-state index < -0.39 is 0 Å². The molecule has 2 aliphatic heterocycles. The molecule has 0 spiro atoms. The SMILES string of the molecule is CC(C)N1CCC(CC2CCC2)CC1.CC(C)N1CCN(C)CC1. The summed E-state index contributed by atoms with van der Waals surface area (Å²) in [6, 6.07) is 1.49. The van der Waals surface area contributed by atoms with Crippen LogP contribution in [0, 0.1) is 11.8 Å². The minimum Gasteiger partial charge on any atom is -0.304 e. The van der Waals surface area contributed by atoms with Crippen molar-refractivity contribution in [2.75, 3.05) is 46.3 Å². The van der Waals surface area contributed by atoms with Crippen molar-refractivity contribution in [2.24, 2.45) is 11.8 Å². The average molecular weight is 338 g/mol. The van der Waals surface area contributed by atoms with Crippen LogP contribution in [0.25, 0.3) is 0 Å². The normalized spacial score (nSPS) is 25.6. The largest absolute Gasteiger partial charge is 0.304 e. The first-order chi connectivity index (χ1) is 11.5. The second-order valence-corrected chi connectivity index (χ2v) is 9.04. The maximum absolute atomic E-state index is 2.64. The highest BCUT2D eigenvalue weighted by Gasteiger charge is 2.26. The zero-order chi connectivity index (χ0) is 17.5. The zero-order valence-corrected chi connectivity index (χ0v) is 17.1. The molecule has 3 heteroatoms. The van der Waals surface area contributed by atoms with Crippen molar-refractivity contribution in [1.82, 2.24) is 14.7 Å². The molecule has 142 valence electrons. The van der Waals surface area contributed by atoms with Gasteiger partial charge in [0.15, 0.2) is 0 Å². The van der Waals surface area contributed by atoms with Crippen molar-refractivity contribution in [3.05, 3.63) is 0 Å². The van der Waals surface area contributed by atoms with Gasteiger partial charge in [-0.2, -0.15) is 0 Å². The van der Waals surface area contributed by atoms with Gasteiger partial charge in [-0.3, -0.25) is 4.90 Å². The number of likely N-dealkylation sites (N-methyl/N-ethyl adjacent to an activating group) is 1. The van der Waals surface area contributed by atoms with Crippen LogP contribution in [0.5, 0.6) is 0 Å². The topological polar surface area (TPSA) is 9.72 Å². The molecule has 1 aliphatic carbocycles. The number of likely N-dealkylation sites (tertiary alicyclic amines) is 1. The van der Waals surface area contributed by atoms with E-state index in [-0.39, 0.29) is 0 Å². The fourth-order valence-corrected chi connectivity index (χ4v) is 4.24. The Hall–Kier alpha value is -0.120. The summed E-state index contributed by atoms with van der Waals surface area (Å²) in [5.74, 6) is 2.18. The van der Waals surface area contributed by atoms with Crippen LogP contribution >= 0.6 is 0 Å². The summed E-state index contributed by atoms with van der Waals surface area (Å²) in [5.41, 5.74) is 0. The maximum Gasteiger partial charge on any atom is 0.0112 e. The zero-order valence-electron chi connectivity index (χ0n) is 17.1. The molecule has 0 N–H and O–H groups in total. The molecular weight excluding hydrogens is 294 g/mol. The molecule has 0 aromatic rings. The van der Waals surface area contributed by atoms with E-state index in [9.17, 15) is 0 Å². The maximum atomic E-state index is 2.64. The van der Waals surface area contributed by atoms with E-state index >= 15 is 0 Å². The molecule has 0 aromatic carbocycles. The summed E-state index contributed by atoms with van der Waals surface area (Å²) in [4.78, 5) is 7.55. The number of piperazine rings is 1. The van der Waals surface area contributed by atoms with Crippen LogP contribution in [0.3, 0.4) is 0 Å². The molecule has 2 saturated heterocycles. The molecule has 0 bridgehead atoms. The fourth-order valence-electron chi connectivity index (χ4n) is 4.24. The third-order valence-corrected chi connectivity index (χ3v) is 6.54. The third-order valence-electron chi connectivity index (χ3n) is 6.54. The lowest BCUT2D eigenvalue weighted by atomic mass is 9.76. The number of hydrogen-bond acceptors (Lipinski definition) is 3. The van der Waals surface area contributed by atoms with Gasteiger partial charge in [-0.15, -0.1) is 0 Å². The van der Waals surface area contributed by atoms with Gasteiger partial charge in [0, 0.05) is 38.3 Å². The van der Waals surface area contributed by atoms with Gasteiger partial charge < -0.3 is 9.80 Å². The molecule has 24 heavy (non-hydrogen) atoms. The third kappa shape index (κ3) is 6.65. The molecule has 3 fully saturated rings. The first-order valence-electron chi connectivity index (χ1n) is 10.6. The molecule has 0 amide bonds. The molecule has 1 saturated carbocycles. The van der Waals surface area contributed by atoms with Crippen LogP contribution in [0.1, 0.15) is 66.2 Å². The summed E-state index contributed by atoms with van der Waals surface area (Å²) in [6.45, 7) is 16.9. The Bertz CT molecular complexity index is 322. The summed E-state index contributed by atoms with van der Waals surface area (Å²) in [7, 11) is 2.19. The Labute approximate surface area is 151 Å². The van der Waals surface area contributed by atoms with Gasteiger partial charge in [0.05, 0.1) is 0 Å². The van der Waals surface area contributed by atoms with Gasteiger partial charge in [0.1, 0.15) is 0 Å². The van der Waals surface area contributed by atoms with E-state index in [4.69, 9.17) is 0 Å². The average Bonchev–Trinajstić information content (AvgIpc) is 2.52. The van der Waals surface area contributed by atoms with Crippen LogP contribution in [-0.2, 0) is 0 Å². The fraction of sp³-hybridized carbons (Fsp3) is 1.00. The highest BCUT2D eigenvalue weighted by Crippen LogP contribution is 2.35. The molecular formula is C21H43N3. The van der Waals surface area contributed by atoms with Crippen LogP contribution in [0.15, 0.2) is 0 Å². The second-order valence-electron chi connectivity index (χ2n) is 9.04. The van der Waals surface area contributed by atoms with E-state index in [1.165, 1.54) is 71.4 Å². The minimum absolute atomic E-state index is 0.730. The van der Waals surface area contributed by atoms with Crippen LogP contribution in [0.4, 0.5) is 0 Å². The second kappa shape index (κ2) is 10.1. The lowest BCUT2D eigenvalue weighted by Gasteiger charge is -2.37. The monoisotopic (exact) mass is 337 g/mol. The number of hydrogen-bond donors (Lipinski definition) is 0. The van der Waals surface area contributed by atoms with Crippen LogP contribution in [-0.4, -0.2) is 73.1 Å². The van der Waals surface area contributed by atoms with Crippen LogP contribution in [0.2, 0.25) is 0 Å². The summed E-state index contributed by atoms with van der Waals surface area (Å²) < 4.78 is 0. The molecule has 0 unspecified atom stereocenters. The summed E-state index contributed by atoms with van der Waals surface area (Å²) >= 11 is 0. The Morgan fingerprint density at radius 3 is 1.54 bits per heavy atom. The van der Waals surface area contributed by atoms with Gasteiger partial charge in [-0.05, 0) is 78.9 Å². The highest BCUT2D eigenvalue weighted by atomic mass is 15.3. The van der Waals surface area contributed by atoms with E-state index in [1.807, 2.05) is 0 Å². The molecule has 3 nitrogen and oxygen atoms in total. The van der Waals surface area contributed by atoms with Crippen molar-refractivity contribution in [2.45, 2.75) is 78.3 Å². The van der Waals surface area contributed by atoms with E-state index in [0.29, 0.717) is 0 Å². The van der Waals surface area contributed by atoms with Gasteiger partial charge in [0.25, 0.3) is 0 Å². The standard InChI is InChI=1S/C13H25N.C8H18N2/c1-11(2)14-8-6-13(7-9-14)10-12-4-3-5-12;1-8(2)10-6-4-9(3)5-7-10/h11-13H,3-10H2,1-2H3;8H,4-7H2,1-3H3. The summed E-state index contributed by atoms with van der Waals surface area (Å²) in [5, 5.41) is 0. The minimum atomic E-state index is 0.730. The predicted octanol–water partition coefficient (Wildman–Crippen LogP) is 3.94. The van der Waals surface area contributed by atoms with Gasteiger partial charge in [0.2, 0.25) is 0 Å². The Morgan fingerprint density at radius 1 is 0.667 bits per heavy atom. The van der Waals surface area contributed by atoms with Crippen molar-refractivity contribution >= 4 is 0 Å². The van der Waals surface area contributed by atoms with E-state index in [1.54, 1.807) is 6.42 Å². The quantitative estimate of drug-likeness (QED) is 0.769.